The van der Waals surface area contributed by atoms with Gasteiger partial charge in [-0.25, -0.2) is 9.59 Å². The first kappa shape index (κ1) is 17.0. The Kier molecular flexibility index (Phi) is 4.76. The quantitative estimate of drug-likeness (QED) is 0.742. The lowest BCUT2D eigenvalue weighted by Crippen LogP contribution is -2.31. The van der Waals surface area contributed by atoms with Crippen LogP contribution in [-0.4, -0.2) is 26.2 Å². The van der Waals surface area contributed by atoms with Crippen LogP contribution in [0, 0.1) is 5.92 Å². The molecule has 1 aliphatic heterocycles. The van der Waals surface area contributed by atoms with Crippen LogP contribution >= 0.6 is 11.6 Å². The Balaban J connectivity index is 2.05. The highest BCUT2D eigenvalue weighted by atomic mass is 35.5. The van der Waals surface area contributed by atoms with Gasteiger partial charge in [0.1, 0.15) is 5.76 Å². The summed E-state index contributed by atoms with van der Waals surface area (Å²) in [6.45, 7) is 0. The van der Waals surface area contributed by atoms with Crippen LogP contribution in [0.15, 0.2) is 59.7 Å². The van der Waals surface area contributed by atoms with Gasteiger partial charge in [-0.1, -0.05) is 29.8 Å². The molecule has 25 heavy (non-hydrogen) atoms. The molecule has 0 radical (unpaired) electrons. The van der Waals surface area contributed by atoms with Gasteiger partial charge in [-0.15, -0.1) is 0 Å². The molecular formula is C19H16ClNO4. The minimum atomic E-state index is -0.484. The molecule has 1 heterocycles. The first-order chi connectivity index (χ1) is 12.0. The standard InChI is InChI=1S/C19H16ClNO4/c1-21-16-9-7-13(18(22)24-2)11-15(16)17(25-19(21)23)10-12-4-3-5-14(20)8-6-12/h3-12H,1-2H3/b17-10-. The second-order valence-corrected chi connectivity index (χ2v) is 5.99. The molecule has 128 valence electrons. The van der Waals surface area contributed by atoms with Crippen LogP contribution in [-0.2, 0) is 9.47 Å². The number of methoxy groups -OCH3 is 1. The van der Waals surface area contributed by atoms with Crippen molar-refractivity contribution in [2.45, 2.75) is 0 Å². The van der Waals surface area contributed by atoms with E-state index < -0.39 is 12.1 Å². The normalized spacial score (nSPS) is 20.7. The van der Waals surface area contributed by atoms with Gasteiger partial charge in [-0.3, -0.25) is 4.90 Å². The molecule has 0 N–H and O–H groups in total. The molecule has 0 spiro atoms. The van der Waals surface area contributed by atoms with Gasteiger partial charge in [-0.2, -0.15) is 0 Å². The van der Waals surface area contributed by atoms with E-state index in [0.29, 0.717) is 27.6 Å². The fourth-order valence-corrected chi connectivity index (χ4v) is 2.74. The summed E-state index contributed by atoms with van der Waals surface area (Å²) >= 11 is 5.98. The SMILES string of the molecule is COC(=O)c1ccc2c(c1)/C(=C/C1C=CC=C(Cl)C=C1)OC(=O)N2C. The van der Waals surface area contributed by atoms with Crippen molar-refractivity contribution in [3.63, 3.8) is 0 Å². The zero-order valence-corrected chi connectivity index (χ0v) is 14.5. The summed E-state index contributed by atoms with van der Waals surface area (Å²) in [6, 6.07) is 4.98. The molecule has 1 aromatic rings. The van der Waals surface area contributed by atoms with E-state index in [2.05, 4.69) is 0 Å². The van der Waals surface area contributed by atoms with Crippen molar-refractivity contribution in [2.24, 2.45) is 5.92 Å². The third kappa shape index (κ3) is 3.51. The van der Waals surface area contributed by atoms with E-state index in [1.807, 2.05) is 18.2 Å². The average molecular weight is 358 g/mol. The number of amides is 1. The topological polar surface area (TPSA) is 55.8 Å². The summed E-state index contributed by atoms with van der Waals surface area (Å²) < 4.78 is 10.2. The summed E-state index contributed by atoms with van der Waals surface area (Å²) in [5, 5.41) is 0.617. The van der Waals surface area contributed by atoms with Crippen molar-refractivity contribution in [1.82, 2.24) is 0 Å². The molecule has 1 aromatic carbocycles. The van der Waals surface area contributed by atoms with Crippen molar-refractivity contribution >= 4 is 35.1 Å². The molecule has 5 nitrogen and oxygen atoms in total. The van der Waals surface area contributed by atoms with Crippen LogP contribution in [0.4, 0.5) is 10.5 Å². The third-order valence-corrected chi connectivity index (χ3v) is 4.18. The number of hydrogen-bond donors (Lipinski definition) is 0. The van der Waals surface area contributed by atoms with Crippen LogP contribution in [0.25, 0.3) is 5.76 Å². The summed E-state index contributed by atoms with van der Waals surface area (Å²) in [4.78, 5) is 25.3. The molecular weight excluding hydrogens is 342 g/mol. The Morgan fingerprint density at radius 1 is 1.36 bits per heavy atom. The number of esters is 1. The van der Waals surface area contributed by atoms with Gasteiger partial charge in [0.05, 0.1) is 18.4 Å². The summed E-state index contributed by atoms with van der Waals surface area (Å²) in [5.41, 5.74) is 1.69. The largest absolute Gasteiger partial charge is 0.465 e. The summed E-state index contributed by atoms with van der Waals surface area (Å²) in [5.74, 6) is -0.165. The molecule has 0 aromatic heterocycles. The maximum atomic E-state index is 12.1. The Labute approximate surface area is 150 Å². The Bertz CT molecular complexity index is 851. The molecule has 3 rings (SSSR count). The van der Waals surface area contributed by atoms with E-state index in [-0.39, 0.29) is 5.92 Å². The van der Waals surface area contributed by atoms with Crippen LogP contribution in [0.5, 0.6) is 0 Å². The van der Waals surface area contributed by atoms with Crippen LogP contribution < -0.4 is 4.90 Å². The van der Waals surface area contributed by atoms with Crippen LogP contribution in [0.1, 0.15) is 15.9 Å². The number of fused-ring (bicyclic) bond motifs is 1. The zero-order chi connectivity index (χ0) is 18.0. The van der Waals surface area contributed by atoms with Gasteiger partial charge in [0.15, 0.2) is 0 Å². The number of allylic oxidation sites excluding steroid dienone is 7. The minimum absolute atomic E-state index is 0.103. The molecule has 0 saturated carbocycles. The highest BCUT2D eigenvalue weighted by Gasteiger charge is 2.28. The fourth-order valence-electron chi connectivity index (χ4n) is 2.59. The van der Waals surface area contributed by atoms with E-state index in [1.165, 1.54) is 12.0 Å². The Morgan fingerprint density at radius 3 is 2.92 bits per heavy atom. The summed E-state index contributed by atoms with van der Waals surface area (Å²) in [6.07, 6.45) is 10.5. The van der Waals surface area contributed by atoms with E-state index in [0.717, 1.165) is 0 Å². The molecule has 0 saturated heterocycles. The van der Waals surface area contributed by atoms with E-state index >= 15 is 0 Å². The maximum Gasteiger partial charge on any atom is 0.419 e. The van der Waals surface area contributed by atoms with Gasteiger partial charge in [0, 0.05) is 23.6 Å². The third-order valence-electron chi connectivity index (χ3n) is 3.93. The van der Waals surface area contributed by atoms with Crippen molar-refractivity contribution in [1.29, 1.82) is 0 Å². The van der Waals surface area contributed by atoms with E-state index in [4.69, 9.17) is 21.1 Å². The monoisotopic (exact) mass is 357 g/mol. The molecule has 6 heteroatoms. The molecule has 1 aliphatic carbocycles. The van der Waals surface area contributed by atoms with E-state index in [9.17, 15) is 9.59 Å². The predicted molar refractivity (Wildman–Crippen MR) is 96.3 cm³/mol. The number of rotatable bonds is 2. The number of anilines is 1. The van der Waals surface area contributed by atoms with Crippen LogP contribution in [0.2, 0.25) is 0 Å². The molecule has 0 bridgehead atoms. The van der Waals surface area contributed by atoms with E-state index in [1.54, 1.807) is 43.5 Å². The molecule has 2 aliphatic rings. The van der Waals surface area contributed by atoms with Gasteiger partial charge in [0.2, 0.25) is 0 Å². The highest BCUT2D eigenvalue weighted by molar-refractivity contribution is 6.31. The fraction of sp³-hybridized carbons (Fsp3) is 0.158. The van der Waals surface area contributed by atoms with Crippen molar-refractivity contribution in [3.8, 4) is 0 Å². The Hall–Kier alpha value is -2.79. The number of ether oxygens (including phenoxy) is 2. The second-order valence-electron chi connectivity index (χ2n) is 5.55. The number of halogens is 1. The number of nitrogens with zero attached hydrogens (tertiary/aromatic N) is 1. The summed E-state index contributed by atoms with van der Waals surface area (Å²) in [7, 11) is 2.94. The molecule has 0 fully saturated rings. The maximum absolute atomic E-state index is 12.1. The van der Waals surface area contributed by atoms with Crippen molar-refractivity contribution in [2.75, 3.05) is 19.1 Å². The molecule has 1 unspecified atom stereocenters. The van der Waals surface area contributed by atoms with Gasteiger partial charge >= 0.3 is 12.1 Å². The smallest absolute Gasteiger partial charge is 0.419 e. The second kappa shape index (κ2) is 6.99. The number of hydrogen-bond acceptors (Lipinski definition) is 4. The number of carbonyl (C=O) groups is 2. The van der Waals surface area contributed by atoms with Crippen LogP contribution in [0.3, 0.4) is 0 Å². The average Bonchev–Trinajstić information content (AvgIpc) is 2.82. The van der Waals surface area contributed by atoms with Gasteiger partial charge in [-0.05, 0) is 36.4 Å². The first-order valence-corrected chi connectivity index (χ1v) is 7.99. The minimum Gasteiger partial charge on any atom is -0.465 e. The van der Waals surface area contributed by atoms with Gasteiger partial charge in [0.25, 0.3) is 0 Å². The zero-order valence-electron chi connectivity index (χ0n) is 13.7. The lowest BCUT2D eigenvalue weighted by molar-refractivity contribution is 0.0600. The molecule has 1 atom stereocenters. The number of cyclic esters (lactones) is 1. The molecule has 1 amide bonds. The number of carbonyl (C=O) groups excluding carboxylic acids is 2. The first-order valence-electron chi connectivity index (χ1n) is 7.62. The van der Waals surface area contributed by atoms with Crippen molar-refractivity contribution < 1.29 is 19.1 Å². The lowest BCUT2D eigenvalue weighted by atomic mass is 10.0. The van der Waals surface area contributed by atoms with Crippen molar-refractivity contribution in [3.05, 3.63) is 70.8 Å². The highest BCUT2D eigenvalue weighted by Crippen LogP contribution is 2.35. The Morgan fingerprint density at radius 2 is 2.16 bits per heavy atom. The van der Waals surface area contributed by atoms with Gasteiger partial charge < -0.3 is 9.47 Å². The predicted octanol–water partition coefficient (Wildman–Crippen LogP) is 4.27. The number of benzene rings is 1. The lowest BCUT2D eigenvalue weighted by Gasteiger charge is -2.27.